The number of hydrogen-bond acceptors (Lipinski definition) is 6. The third-order valence-corrected chi connectivity index (χ3v) is 5.62. The molecule has 1 aliphatic carbocycles. The number of esters is 2. The monoisotopic (exact) mass is 403 g/mol. The molecule has 0 bridgehead atoms. The van der Waals surface area contributed by atoms with Crippen LogP contribution in [-0.4, -0.2) is 29.6 Å². The summed E-state index contributed by atoms with van der Waals surface area (Å²) in [5.41, 5.74) is 3.90. The lowest BCUT2D eigenvalue weighted by atomic mass is 9.81. The van der Waals surface area contributed by atoms with Gasteiger partial charge >= 0.3 is 11.9 Å². The summed E-state index contributed by atoms with van der Waals surface area (Å²) in [4.78, 5) is 30.0. The standard InChI is InChI=1S/C24H21NO5/c1-14-11-15(13-16-5-4-9-28-16)22-18(12-14)21(17-6-2-3-7-19(17)25-22)24(27)30-20-8-10-29-23(20)26/h2-7,9,13-14,20H,8,10-12H2,1H3/b15-13-/t14-,20+/m0/s1. The van der Waals surface area contributed by atoms with Gasteiger partial charge < -0.3 is 13.9 Å². The summed E-state index contributed by atoms with van der Waals surface area (Å²) in [7, 11) is 0. The second kappa shape index (κ2) is 7.44. The summed E-state index contributed by atoms with van der Waals surface area (Å²) >= 11 is 0. The van der Waals surface area contributed by atoms with E-state index in [0.29, 0.717) is 24.3 Å². The van der Waals surface area contributed by atoms with Crippen molar-refractivity contribution in [3.05, 3.63) is 65.2 Å². The second-order valence-corrected chi connectivity index (χ2v) is 7.88. The molecule has 30 heavy (non-hydrogen) atoms. The average molecular weight is 403 g/mol. The van der Waals surface area contributed by atoms with Crippen LogP contribution in [0.25, 0.3) is 22.6 Å². The Hall–Kier alpha value is -3.41. The number of pyridine rings is 1. The molecule has 0 radical (unpaired) electrons. The van der Waals surface area contributed by atoms with Gasteiger partial charge in [0, 0.05) is 11.8 Å². The van der Waals surface area contributed by atoms with Gasteiger partial charge in [0.1, 0.15) is 5.76 Å². The van der Waals surface area contributed by atoms with Gasteiger partial charge in [0.2, 0.25) is 6.10 Å². The first kappa shape index (κ1) is 18.6. The fourth-order valence-electron chi connectivity index (χ4n) is 4.29. The Morgan fingerprint density at radius 3 is 2.83 bits per heavy atom. The van der Waals surface area contributed by atoms with Gasteiger partial charge in [-0.1, -0.05) is 25.1 Å². The maximum atomic E-state index is 13.3. The zero-order valence-electron chi connectivity index (χ0n) is 16.6. The maximum Gasteiger partial charge on any atom is 0.347 e. The number of rotatable bonds is 3. The molecule has 6 nitrogen and oxygen atoms in total. The van der Waals surface area contributed by atoms with Gasteiger partial charge in [-0.05, 0) is 54.2 Å². The third-order valence-electron chi connectivity index (χ3n) is 5.62. The van der Waals surface area contributed by atoms with Crippen molar-refractivity contribution in [2.45, 2.75) is 32.3 Å². The molecule has 0 N–H and O–H groups in total. The predicted octanol–water partition coefficient (Wildman–Crippen LogP) is 4.42. The summed E-state index contributed by atoms with van der Waals surface area (Å²) in [6.07, 6.45) is 4.70. The topological polar surface area (TPSA) is 78.6 Å². The van der Waals surface area contributed by atoms with Gasteiger partial charge in [-0.2, -0.15) is 0 Å². The SMILES string of the molecule is C[C@H]1C/C(=C/c2ccco2)c2nc3ccccc3c(C(=O)O[C@@H]3CCOC3=O)c2C1. The minimum atomic E-state index is -0.848. The van der Waals surface area contributed by atoms with Crippen molar-refractivity contribution in [2.75, 3.05) is 6.61 Å². The number of furan rings is 1. The zero-order chi connectivity index (χ0) is 20.7. The van der Waals surface area contributed by atoms with Crippen LogP contribution in [-0.2, 0) is 20.7 Å². The number of cyclic esters (lactones) is 1. The van der Waals surface area contributed by atoms with Crippen LogP contribution in [0.15, 0.2) is 47.1 Å². The number of nitrogens with zero attached hydrogens (tertiary/aromatic N) is 1. The van der Waals surface area contributed by atoms with E-state index >= 15 is 0 Å². The molecule has 6 heteroatoms. The molecule has 2 atom stereocenters. The normalized spacial score (nSPS) is 22.2. The van der Waals surface area contributed by atoms with Crippen molar-refractivity contribution in [1.29, 1.82) is 0 Å². The first-order valence-electron chi connectivity index (χ1n) is 10.1. The van der Waals surface area contributed by atoms with E-state index in [0.717, 1.165) is 39.9 Å². The molecule has 0 saturated carbocycles. The number of carbonyl (C=O) groups excluding carboxylic acids is 2. The summed E-state index contributed by atoms with van der Waals surface area (Å²) < 4.78 is 16.0. The van der Waals surface area contributed by atoms with Crippen molar-refractivity contribution >= 4 is 34.5 Å². The molecule has 0 amide bonds. The van der Waals surface area contributed by atoms with E-state index in [-0.39, 0.29) is 6.61 Å². The Morgan fingerprint density at radius 1 is 1.20 bits per heavy atom. The molecular formula is C24H21NO5. The van der Waals surface area contributed by atoms with E-state index in [4.69, 9.17) is 18.9 Å². The smallest absolute Gasteiger partial charge is 0.347 e. The molecule has 3 heterocycles. The van der Waals surface area contributed by atoms with E-state index in [1.807, 2.05) is 42.5 Å². The quantitative estimate of drug-likeness (QED) is 0.602. The Morgan fingerprint density at radius 2 is 2.07 bits per heavy atom. The number of aromatic nitrogens is 1. The van der Waals surface area contributed by atoms with Gasteiger partial charge in [-0.25, -0.2) is 14.6 Å². The molecule has 1 saturated heterocycles. The largest absolute Gasteiger partial charge is 0.465 e. The van der Waals surface area contributed by atoms with Crippen LogP contribution in [0.3, 0.4) is 0 Å². The highest BCUT2D eigenvalue weighted by Gasteiger charge is 2.34. The number of carbonyl (C=O) groups is 2. The average Bonchev–Trinajstić information content (AvgIpc) is 3.38. The Balaban J connectivity index is 1.67. The Bertz CT molecular complexity index is 1160. The summed E-state index contributed by atoms with van der Waals surface area (Å²) in [6.45, 7) is 2.43. The van der Waals surface area contributed by atoms with Crippen LogP contribution in [0.5, 0.6) is 0 Å². The first-order chi connectivity index (χ1) is 14.6. The van der Waals surface area contributed by atoms with Gasteiger partial charge in [-0.15, -0.1) is 0 Å². The van der Waals surface area contributed by atoms with Gasteiger partial charge in [0.05, 0.1) is 29.6 Å². The zero-order valence-corrected chi connectivity index (χ0v) is 16.6. The first-order valence-corrected chi connectivity index (χ1v) is 10.1. The lowest BCUT2D eigenvalue weighted by Gasteiger charge is -2.26. The van der Waals surface area contributed by atoms with Gasteiger partial charge in [-0.3, -0.25) is 0 Å². The summed E-state index contributed by atoms with van der Waals surface area (Å²) in [5, 5.41) is 0.735. The number of ether oxygens (including phenoxy) is 2. The number of para-hydroxylation sites is 1. The van der Waals surface area contributed by atoms with Crippen LogP contribution in [0.1, 0.15) is 47.1 Å². The van der Waals surface area contributed by atoms with Crippen LogP contribution in [0, 0.1) is 5.92 Å². The molecule has 152 valence electrons. The Labute approximate surface area is 173 Å². The van der Waals surface area contributed by atoms with Crippen LogP contribution in [0.2, 0.25) is 0 Å². The van der Waals surface area contributed by atoms with Crippen LogP contribution < -0.4 is 0 Å². The van der Waals surface area contributed by atoms with Crippen molar-refractivity contribution in [1.82, 2.24) is 4.98 Å². The van der Waals surface area contributed by atoms with Gasteiger partial charge in [0.25, 0.3) is 0 Å². The van der Waals surface area contributed by atoms with Crippen molar-refractivity contribution in [3.8, 4) is 0 Å². The molecule has 3 aromatic rings. The van der Waals surface area contributed by atoms with Crippen molar-refractivity contribution in [2.24, 2.45) is 5.92 Å². The minimum absolute atomic E-state index is 0.277. The van der Waals surface area contributed by atoms with E-state index in [9.17, 15) is 9.59 Å². The molecule has 0 unspecified atom stereocenters. The molecular weight excluding hydrogens is 382 g/mol. The minimum Gasteiger partial charge on any atom is -0.465 e. The van der Waals surface area contributed by atoms with E-state index < -0.39 is 18.0 Å². The third kappa shape index (κ3) is 3.28. The molecule has 5 rings (SSSR count). The number of fused-ring (bicyclic) bond motifs is 2. The second-order valence-electron chi connectivity index (χ2n) is 7.88. The van der Waals surface area contributed by atoms with Crippen LogP contribution >= 0.6 is 0 Å². The fourth-order valence-corrected chi connectivity index (χ4v) is 4.29. The lowest BCUT2D eigenvalue weighted by Crippen LogP contribution is -2.25. The molecule has 1 fully saturated rings. The predicted molar refractivity (Wildman–Crippen MR) is 111 cm³/mol. The van der Waals surface area contributed by atoms with E-state index in [1.165, 1.54) is 0 Å². The van der Waals surface area contributed by atoms with E-state index in [2.05, 4.69) is 6.92 Å². The molecule has 1 aliphatic heterocycles. The van der Waals surface area contributed by atoms with Crippen molar-refractivity contribution < 1.29 is 23.5 Å². The van der Waals surface area contributed by atoms with Crippen LogP contribution in [0.4, 0.5) is 0 Å². The summed E-state index contributed by atoms with van der Waals surface area (Å²) in [5.74, 6) is 0.0880. The summed E-state index contributed by atoms with van der Waals surface area (Å²) in [6, 6.07) is 11.3. The maximum absolute atomic E-state index is 13.3. The molecule has 2 aliphatic rings. The fraction of sp³-hybridized carbons (Fsp3) is 0.292. The highest BCUT2D eigenvalue weighted by atomic mass is 16.6. The highest BCUT2D eigenvalue weighted by molar-refractivity contribution is 6.07. The molecule has 2 aromatic heterocycles. The number of allylic oxidation sites excluding steroid dienone is 1. The van der Waals surface area contributed by atoms with Gasteiger partial charge in [0.15, 0.2) is 0 Å². The van der Waals surface area contributed by atoms with Crippen molar-refractivity contribution in [3.63, 3.8) is 0 Å². The number of benzene rings is 1. The lowest BCUT2D eigenvalue weighted by molar-refractivity contribution is -0.145. The Kier molecular flexibility index (Phi) is 4.62. The molecule has 1 aromatic carbocycles. The number of hydrogen-bond donors (Lipinski definition) is 0. The van der Waals surface area contributed by atoms with E-state index in [1.54, 1.807) is 6.26 Å². The highest BCUT2D eigenvalue weighted by Crippen LogP contribution is 2.39. The molecule has 0 spiro atoms.